The molecule has 2 fully saturated rings. The fourth-order valence-corrected chi connectivity index (χ4v) is 5.95. The Morgan fingerprint density at radius 2 is 1.37 bits per heavy atom. The lowest BCUT2D eigenvalue weighted by molar-refractivity contribution is -0.127. The average Bonchev–Trinajstić information content (AvgIpc) is 3.00. The molecule has 0 bridgehead atoms. The van der Waals surface area contributed by atoms with E-state index < -0.39 is 7.60 Å². The number of ether oxygens (including phenoxy) is 2. The second kappa shape index (κ2) is 19.3. The van der Waals surface area contributed by atoms with Gasteiger partial charge in [0, 0.05) is 43.9 Å². The standard InChI is InChI=1S/C18H23NO3.C13H24NO4P/c1-21-16-11-10-15(17(14-16)22-2)8-4-5-9-18(20)19-12-6-3-7-13-19;1-3-17-19(16,18-4-2)12-8-9-13(15)14-10-6-5-7-11-14/h4-5,8-11,14H,3,6-7,12-13H2,1-2H3;8-9H,3-7,10-12H2,1-2H3/b8-4+,9-5+;9-8+. The van der Waals surface area contributed by atoms with Crippen molar-refractivity contribution in [2.24, 2.45) is 0 Å². The van der Waals surface area contributed by atoms with E-state index in [0.717, 1.165) is 68.9 Å². The normalized spacial score (nSPS) is 16.2. The molecule has 2 aliphatic heterocycles. The number of amides is 2. The van der Waals surface area contributed by atoms with E-state index in [1.165, 1.54) is 18.9 Å². The van der Waals surface area contributed by atoms with Crippen molar-refractivity contribution in [3.63, 3.8) is 0 Å². The maximum absolute atomic E-state index is 12.2. The molecule has 0 aromatic heterocycles. The highest BCUT2D eigenvalue weighted by Crippen LogP contribution is 2.47. The smallest absolute Gasteiger partial charge is 0.334 e. The lowest BCUT2D eigenvalue weighted by atomic mass is 10.1. The van der Waals surface area contributed by atoms with Gasteiger partial charge in [0.25, 0.3) is 0 Å². The third kappa shape index (κ3) is 12.7. The van der Waals surface area contributed by atoms with E-state index in [-0.39, 0.29) is 18.0 Å². The van der Waals surface area contributed by atoms with Gasteiger partial charge in [0.1, 0.15) is 11.5 Å². The number of carbonyl (C=O) groups is 2. The van der Waals surface area contributed by atoms with Gasteiger partial charge < -0.3 is 28.3 Å². The minimum Gasteiger partial charge on any atom is -0.497 e. The van der Waals surface area contributed by atoms with Gasteiger partial charge in [-0.3, -0.25) is 14.2 Å². The fourth-order valence-electron chi connectivity index (χ4n) is 4.51. The molecule has 0 aliphatic carbocycles. The molecule has 0 saturated carbocycles. The van der Waals surface area contributed by atoms with Crippen LogP contribution in [0.4, 0.5) is 0 Å². The summed E-state index contributed by atoms with van der Waals surface area (Å²) >= 11 is 0. The fraction of sp³-hybridized carbons (Fsp3) is 0.548. The summed E-state index contributed by atoms with van der Waals surface area (Å²) in [6.07, 6.45) is 17.2. The van der Waals surface area contributed by atoms with Crippen molar-refractivity contribution in [1.29, 1.82) is 0 Å². The maximum Gasteiger partial charge on any atom is 0.334 e. The van der Waals surface area contributed by atoms with Crippen molar-refractivity contribution in [3.8, 4) is 11.5 Å². The van der Waals surface area contributed by atoms with E-state index >= 15 is 0 Å². The molecular weight excluding hydrogens is 543 g/mol. The summed E-state index contributed by atoms with van der Waals surface area (Å²) in [6.45, 7) is 7.60. The van der Waals surface area contributed by atoms with E-state index in [2.05, 4.69) is 0 Å². The Balaban J connectivity index is 0.000000290. The van der Waals surface area contributed by atoms with Crippen LogP contribution >= 0.6 is 7.60 Å². The van der Waals surface area contributed by atoms with Crippen molar-refractivity contribution in [2.75, 3.05) is 59.8 Å². The molecule has 228 valence electrons. The Kier molecular flexibility index (Phi) is 16.2. The molecule has 2 aliphatic rings. The maximum atomic E-state index is 12.2. The number of benzene rings is 1. The first kappa shape index (κ1) is 34.3. The second-order valence-corrected chi connectivity index (χ2v) is 11.7. The summed E-state index contributed by atoms with van der Waals surface area (Å²) in [5.41, 5.74) is 0.943. The Hall–Kier alpha value is -2.87. The van der Waals surface area contributed by atoms with Gasteiger partial charge in [0.15, 0.2) is 0 Å². The Labute approximate surface area is 245 Å². The number of piperidine rings is 2. The quantitative estimate of drug-likeness (QED) is 0.165. The van der Waals surface area contributed by atoms with E-state index in [1.54, 1.807) is 46.3 Å². The van der Waals surface area contributed by atoms with E-state index in [4.69, 9.17) is 18.5 Å². The highest BCUT2D eigenvalue weighted by molar-refractivity contribution is 7.54. The monoisotopic (exact) mass is 590 g/mol. The summed E-state index contributed by atoms with van der Waals surface area (Å²) in [5.74, 6) is 1.57. The third-order valence-corrected chi connectivity index (χ3v) is 8.60. The molecule has 41 heavy (non-hydrogen) atoms. The van der Waals surface area contributed by atoms with Crippen molar-refractivity contribution < 1.29 is 32.7 Å². The summed E-state index contributed by atoms with van der Waals surface area (Å²) in [6, 6.07) is 5.64. The molecule has 1 aromatic rings. The molecule has 2 heterocycles. The molecule has 9 nitrogen and oxygen atoms in total. The highest BCUT2D eigenvalue weighted by atomic mass is 31.2. The molecular formula is C31H47N2O7P. The Bertz CT molecular complexity index is 1060. The average molecular weight is 591 g/mol. The van der Waals surface area contributed by atoms with Gasteiger partial charge in [0.05, 0.1) is 33.6 Å². The zero-order valence-electron chi connectivity index (χ0n) is 25.1. The number of nitrogens with zero attached hydrogens (tertiary/aromatic N) is 2. The number of likely N-dealkylation sites (tertiary alicyclic amines) is 2. The number of hydrogen-bond donors (Lipinski definition) is 0. The van der Waals surface area contributed by atoms with Crippen molar-refractivity contribution in [2.45, 2.75) is 52.4 Å². The summed E-state index contributed by atoms with van der Waals surface area (Å²) in [7, 11) is 0.178. The van der Waals surface area contributed by atoms with Crippen LogP contribution in [0.15, 0.2) is 48.6 Å². The minimum absolute atomic E-state index is 0.0146. The summed E-state index contributed by atoms with van der Waals surface area (Å²) in [5, 5.41) is 0. The summed E-state index contributed by atoms with van der Waals surface area (Å²) < 4.78 is 33.0. The second-order valence-electron chi connectivity index (χ2n) is 9.63. The van der Waals surface area contributed by atoms with Gasteiger partial charge >= 0.3 is 7.60 Å². The molecule has 2 saturated heterocycles. The van der Waals surface area contributed by atoms with E-state index in [9.17, 15) is 14.2 Å². The zero-order valence-corrected chi connectivity index (χ0v) is 26.0. The molecule has 2 amide bonds. The molecule has 0 N–H and O–H groups in total. The van der Waals surface area contributed by atoms with Gasteiger partial charge in [-0.1, -0.05) is 24.3 Å². The van der Waals surface area contributed by atoms with Gasteiger partial charge in [-0.05, 0) is 70.6 Å². The first-order valence-electron chi connectivity index (χ1n) is 14.5. The van der Waals surface area contributed by atoms with Crippen LogP contribution in [0.2, 0.25) is 0 Å². The Morgan fingerprint density at radius 1 is 0.805 bits per heavy atom. The highest BCUT2D eigenvalue weighted by Gasteiger charge is 2.22. The van der Waals surface area contributed by atoms with Crippen LogP contribution < -0.4 is 9.47 Å². The van der Waals surface area contributed by atoms with Gasteiger partial charge in [0.2, 0.25) is 11.8 Å². The SMILES string of the molecule is CCOP(=O)(C/C=C/C(=O)N1CCCCC1)OCC.COc1ccc(/C=C/C=C/C(=O)N2CCCCC2)c(OC)c1. The predicted molar refractivity (Wildman–Crippen MR) is 163 cm³/mol. The van der Waals surface area contributed by atoms with Crippen molar-refractivity contribution in [3.05, 3.63) is 54.1 Å². The molecule has 0 radical (unpaired) electrons. The number of carbonyl (C=O) groups excluding carboxylic acids is 2. The van der Waals surface area contributed by atoms with Crippen molar-refractivity contribution in [1.82, 2.24) is 9.80 Å². The van der Waals surface area contributed by atoms with Crippen LogP contribution in [-0.2, 0) is 23.2 Å². The third-order valence-electron chi connectivity index (χ3n) is 6.64. The lowest BCUT2D eigenvalue weighted by Gasteiger charge is -2.25. The largest absolute Gasteiger partial charge is 0.497 e. The van der Waals surface area contributed by atoms with E-state index in [1.807, 2.05) is 40.2 Å². The lowest BCUT2D eigenvalue weighted by Crippen LogP contribution is -2.34. The summed E-state index contributed by atoms with van der Waals surface area (Å²) in [4.78, 5) is 27.6. The van der Waals surface area contributed by atoms with Crippen LogP contribution in [0.25, 0.3) is 6.08 Å². The van der Waals surface area contributed by atoms with Crippen LogP contribution in [0, 0.1) is 0 Å². The molecule has 3 rings (SSSR count). The Morgan fingerprint density at radius 3 is 1.88 bits per heavy atom. The van der Waals surface area contributed by atoms with E-state index in [0.29, 0.717) is 13.2 Å². The van der Waals surface area contributed by atoms with Gasteiger partial charge in [-0.2, -0.15) is 0 Å². The van der Waals surface area contributed by atoms with Crippen LogP contribution in [0.1, 0.15) is 57.9 Å². The molecule has 0 unspecified atom stereocenters. The van der Waals surface area contributed by atoms with Crippen LogP contribution in [-0.4, -0.2) is 81.4 Å². The first-order valence-corrected chi connectivity index (χ1v) is 16.3. The molecule has 10 heteroatoms. The number of rotatable bonds is 12. The van der Waals surface area contributed by atoms with Crippen molar-refractivity contribution >= 4 is 25.5 Å². The van der Waals surface area contributed by atoms with Crippen LogP contribution in [0.3, 0.4) is 0 Å². The first-order chi connectivity index (χ1) is 19.9. The molecule has 1 aromatic carbocycles. The molecule has 0 spiro atoms. The van der Waals surface area contributed by atoms with Crippen LogP contribution in [0.5, 0.6) is 11.5 Å². The zero-order chi connectivity index (χ0) is 29.9. The topological polar surface area (TPSA) is 94.6 Å². The van der Waals surface area contributed by atoms with Gasteiger partial charge in [-0.25, -0.2) is 0 Å². The number of hydrogen-bond acceptors (Lipinski definition) is 7. The molecule has 0 atom stereocenters. The number of allylic oxidation sites excluding steroid dienone is 3. The minimum atomic E-state index is -3.07. The predicted octanol–water partition coefficient (Wildman–Crippen LogP) is 6.11. The van der Waals surface area contributed by atoms with Gasteiger partial charge in [-0.15, -0.1) is 0 Å². The number of methoxy groups -OCH3 is 2.